The summed E-state index contributed by atoms with van der Waals surface area (Å²) in [7, 11) is 1.59. The second-order valence-electron chi connectivity index (χ2n) is 6.90. The number of nitrogens with one attached hydrogen (secondary N) is 3. The summed E-state index contributed by atoms with van der Waals surface area (Å²) in [6, 6.07) is 13.2. The lowest BCUT2D eigenvalue weighted by molar-refractivity contribution is 0.0671. The van der Waals surface area contributed by atoms with Crippen LogP contribution in [0.5, 0.6) is 5.75 Å². The summed E-state index contributed by atoms with van der Waals surface area (Å²) in [6.45, 7) is 0. The third-order valence-corrected chi connectivity index (χ3v) is 5.51. The summed E-state index contributed by atoms with van der Waals surface area (Å²) < 4.78 is 5.59. The zero-order chi connectivity index (χ0) is 18.3. The standard InChI is InChI=1S/C21H15N3O3/c1-27-21-17-14-10-4-2-3-5-12(10)22-18(14)19-15(16(17)20(26)24-21)11-8-9(25)6-7-13(11)23-19/h2-8,21-23,25H,1H3,(H,24,26)/t21-/m0/s1. The van der Waals surface area contributed by atoms with E-state index in [-0.39, 0.29) is 11.7 Å². The fourth-order valence-electron chi connectivity index (χ4n) is 4.43. The molecule has 27 heavy (non-hydrogen) atoms. The smallest absolute Gasteiger partial charge is 0.254 e. The Morgan fingerprint density at radius 3 is 2.52 bits per heavy atom. The molecular formula is C21H15N3O3. The third-order valence-electron chi connectivity index (χ3n) is 5.51. The summed E-state index contributed by atoms with van der Waals surface area (Å²) in [6.07, 6.45) is -0.513. The van der Waals surface area contributed by atoms with E-state index in [0.717, 1.165) is 49.2 Å². The molecule has 132 valence electrons. The van der Waals surface area contributed by atoms with Crippen molar-refractivity contribution >= 4 is 49.5 Å². The van der Waals surface area contributed by atoms with Crippen LogP contribution in [-0.4, -0.2) is 28.1 Å². The molecule has 5 aromatic rings. The van der Waals surface area contributed by atoms with E-state index in [4.69, 9.17) is 4.74 Å². The fourth-order valence-corrected chi connectivity index (χ4v) is 4.43. The number of aromatic hydroxyl groups is 1. The van der Waals surface area contributed by atoms with Crippen LogP contribution in [0, 0.1) is 0 Å². The molecule has 0 radical (unpaired) electrons. The number of para-hydroxylation sites is 1. The number of amides is 1. The number of benzene rings is 3. The first kappa shape index (κ1) is 14.6. The van der Waals surface area contributed by atoms with Crippen LogP contribution in [0.3, 0.4) is 0 Å². The van der Waals surface area contributed by atoms with Crippen LogP contribution in [0.1, 0.15) is 22.1 Å². The van der Waals surface area contributed by atoms with Gasteiger partial charge in [-0.1, -0.05) is 18.2 Å². The molecule has 4 N–H and O–H groups in total. The Balaban J connectivity index is 1.97. The largest absolute Gasteiger partial charge is 0.508 e. The van der Waals surface area contributed by atoms with Gasteiger partial charge in [0.25, 0.3) is 5.91 Å². The van der Waals surface area contributed by atoms with Crippen LogP contribution < -0.4 is 5.32 Å². The molecule has 1 atom stereocenters. The molecule has 6 heteroatoms. The van der Waals surface area contributed by atoms with Crippen molar-refractivity contribution in [3.63, 3.8) is 0 Å². The van der Waals surface area contributed by atoms with Crippen molar-refractivity contribution in [2.75, 3.05) is 7.11 Å². The maximum absolute atomic E-state index is 12.9. The highest BCUT2D eigenvalue weighted by Gasteiger charge is 2.35. The van der Waals surface area contributed by atoms with Gasteiger partial charge in [-0.05, 0) is 24.3 Å². The maximum Gasteiger partial charge on any atom is 0.254 e. The van der Waals surface area contributed by atoms with Gasteiger partial charge in [-0.3, -0.25) is 4.79 Å². The quantitative estimate of drug-likeness (QED) is 0.365. The van der Waals surface area contributed by atoms with Crippen LogP contribution in [0.15, 0.2) is 42.5 Å². The van der Waals surface area contributed by atoms with E-state index >= 15 is 0 Å². The van der Waals surface area contributed by atoms with Crippen molar-refractivity contribution in [2.45, 2.75) is 6.23 Å². The highest BCUT2D eigenvalue weighted by molar-refractivity contribution is 6.30. The first-order valence-corrected chi connectivity index (χ1v) is 8.71. The number of carbonyl (C=O) groups is 1. The molecule has 3 heterocycles. The molecule has 0 saturated carbocycles. The van der Waals surface area contributed by atoms with Crippen molar-refractivity contribution in [3.05, 3.63) is 53.6 Å². The zero-order valence-electron chi connectivity index (χ0n) is 14.4. The number of aromatic nitrogens is 2. The maximum atomic E-state index is 12.9. The van der Waals surface area contributed by atoms with Gasteiger partial charge < -0.3 is 25.1 Å². The van der Waals surface area contributed by atoms with Gasteiger partial charge in [0.15, 0.2) is 6.23 Å². The first-order valence-electron chi connectivity index (χ1n) is 8.71. The van der Waals surface area contributed by atoms with Crippen molar-refractivity contribution < 1.29 is 14.6 Å². The molecule has 0 spiro atoms. The molecule has 2 aromatic heterocycles. The number of phenols is 1. The Morgan fingerprint density at radius 2 is 1.70 bits per heavy atom. The number of methoxy groups -OCH3 is 1. The van der Waals surface area contributed by atoms with Crippen molar-refractivity contribution in [3.8, 4) is 5.75 Å². The molecule has 0 unspecified atom stereocenters. The predicted octanol–water partition coefficient (Wildman–Crippen LogP) is 4.05. The SMILES string of the molecule is CO[C@@H]1NC(=O)c2c1c1c3ccccc3[nH]c1c1[nH]c3ccc(O)cc3c21. The lowest BCUT2D eigenvalue weighted by atomic mass is 9.96. The van der Waals surface area contributed by atoms with Crippen LogP contribution in [0.25, 0.3) is 43.6 Å². The third kappa shape index (κ3) is 1.70. The van der Waals surface area contributed by atoms with Crippen molar-refractivity contribution in [2.24, 2.45) is 0 Å². The van der Waals surface area contributed by atoms with Crippen LogP contribution in [-0.2, 0) is 4.74 Å². The lowest BCUT2D eigenvalue weighted by Gasteiger charge is -2.11. The zero-order valence-corrected chi connectivity index (χ0v) is 14.4. The van der Waals surface area contributed by atoms with Crippen LogP contribution in [0.4, 0.5) is 0 Å². The minimum atomic E-state index is -0.513. The van der Waals surface area contributed by atoms with Crippen LogP contribution >= 0.6 is 0 Å². The molecule has 6 nitrogen and oxygen atoms in total. The minimum absolute atomic E-state index is 0.163. The predicted molar refractivity (Wildman–Crippen MR) is 104 cm³/mol. The Hall–Kier alpha value is -3.51. The number of ether oxygens (including phenoxy) is 1. The number of hydrogen-bond acceptors (Lipinski definition) is 3. The molecule has 0 fully saturated rings. The monoisotopic (exact) mass is 357 g/mol. The summed E-state index contributed by atoms with van der Waals surface area (Å²) in [5, 5.41) is 16.6. The van der Waals surface area contributed by atoms with Crippen molar-refractivity contribution in [1.29, 1.82) is 0 Å². The molecule has 0 bridgehead atoms. The van der Waals surface area contributed by atoms with Gasteiger partial charge in [0, 0.05) is 45.3 Å². The molecular weight excluding hydrogens is 342 g/mol. The number of carbonyl (C=O) groups excluding carboxylic acids is 1. The number of rotatable bonds is 1. The van der Waals surface area contributed by atoms with E-state index in [0.29, 0.717) is 5.56 Å². The minimum Gasteiger partial charge on any atom is -0.508 e. The molecule has 3 aromatic carbocycles. The number of fused-ring (bicyclic) bond motifs is 10. The highest BCUT2D eigenvalue weighted by atomic mass is 16.5. The Morgan fingerprint density at radius 1 is 0.963 bits per heavy atom. The van der Waals surface area contributed by atoms with E-state index in [9.17, 15) is 9.90 Å². The van der Waals surface area contributed by atoms with E-state index in [1.807, 2.05) is 30.3 Å². The Bertz CT molecular complexity index is 1430. The number of aromatic amines is 2. The molecule has 6 rings (SSSR count). The summed E-state index contributed by atoms with van der Waals surface area (Å²) >= 11 is 0. The van der Waals surface area contributed by atoms with Gasteiger partial charge in [-0.15, -0.1) is 0 Å². The normalized spacial score (nSPS) is 16.6. The van der Waals surface area contributed by atoms with Gasteiger partial charge in [-0.2, -0.15) is 0 Å². The molecule has 1 aliphatic heterocycles. The van der Waals surface area contributed by atoms with Crippen LogP contribution in [0.2, 0.25) is 0 Å². The summed E-state index contributed by atoms with van der Waals surface area (Å²) in [5.41, 5.74) is 5.09. The average Bonchev–Trinajstić information content (AvgIpc) is 3.32. The lowest BCUT2D eigenvalue weighted by Crippen LogP contribution is -2.20. The molecule has 1 amide bonds. The highest BCUT2D eigenvalue weighted by Crippen LogP contribution is 2.45. The van der Waals surface area contributed by atoms with E-state index in [1.54, 1.807) is 19.2 Å². The first-order chi connectivity index (χ1) is 13.2. The fraction of sp³-hybridized carbons (Fsp3) is 0.0952. The summed E-state index contributed by atoms with van der Waals surface area (Å²) in [4.78, 5) is 19.8. The number of hydrogen-bond donors (Lipinski definition) is 4. The van der Waals surface area contributed by atoms with Gasteiger partial charge >= 0.3 is 0 Å². The Labute approximate surface area is 152 Å². The van der Waals surface area contributed by atoms with E-state index in [2.05, 4.69) is 15.3 Å². The van der Waals surface area contributed by atoms with E-state index < -0.39 is 6.23 Å². The second kappa shape index (κ2) is 4.81. The molecule has 0 aliphatic carbocycles. The molecule has 0 saturated heterocycles. The van der Waals surface area contributed by atoms with E-state index in [1.165, 1.54) is 0 Å². The number of H-pyrrole nitrogens is 2. The number of phenolic OH excluding ortho intramolecular Hbond substituents is 1. The summed E-state index contributed by atoms with van der Waals surface area (Å²) in [5.74, 6) is -0.00568. The second-order valence-corrected chi connectivity index (χ2v) is 6.90. The molecule has 1 aliphatic rings. The van der Waals surface area contributed by atoms with Gasteiger partial charge in [-0.25, -0.2) is 0 Å². The topological polar surface area (TPSA) is 90.1 Å². The van der Waals surface area contributed by atoms with Gasteiger partial charge in [0.1, 0.15) is 5.75 Å². The van der Waals surface area contributed by atoms with Crippen molar-refractivity contribution in [1.82, 2.24) is 15.3 Å². The Kier molecular flexibility index (Phi) is 2.61. The van der Waals surface area contributed by atoms with Gasteiger partial charge in [0.2, 0.25) is 0 Å². The van der Waals surface area contributed by atoms with Gasteiger partial charge in [0.05, 0.1) is 16.6 Å². The average molecular weight is 357 g/mol.